The van der Waals surface area contributed by atoms with E-state index >= 15 is 0 Å². The molecule has 78 valence electrons. The van der Waals surface area contributed by atoms with Crippen LogP contribution in [0, 0.1) is 0 Å². The minimum absolute atomic E-state index is 0.0742. The van der Waals surface area contributed by atoms with Crippen molar-refractivity contribution in [3.05, 3.63) is 34.3 Å². The maximum absolute atomic E-state index is 12.4. The van der Waals surface area contributed by atoms with E-state index in [1.807, 2.05) is 0 Å². The number of alkyl halides is 3. The van der Waals surface area contributed by atoms with Gasteiger partial charge >= 0.3 is 6.18 Å². The van der Waals surface area contributed by atoms with Gasteiger partial charge in [-0.05, 0) is 19.1 Å². The molecule has 1 atom stereocenters. The van der Waals surface area contributed by atoms with Crippen molar-refractivity contribution in [2.45, 2.75) is 19.2 Å². The quantitative estimate of drug-likeness (QED) is 0.775. The molecule has 1 nitrogen and oxygen atoms in total. The molecule has 1 aromatic carbocycles. The standard InChI is InChI=1S/C9H8ClF3O/c1-5(14)8-6(9(11,12)13)3-2-4-7(8)10/h2-5,14H,1H3. The zero-order valence-electron chi connectivity index (χ0n) is 7.27. The molecule has 0 aliphatic rings. The number of hydrogen-bond donors (Lipinski definition) is 1. The van der Waals surface area contributed by atoms with Crippen LogP contribution in [-0.4, -0.2) is 5.11 Å². The van der Waals surface area contributed by atoms with E-state index in [2.05, 4.69) is 0 Å². The Bertz CT molecular complexity index is 333. The van der Waals surface area contributed by atoms with Crippen LogP contribution in [0.15, 0.2) is 18.2 Å². The predicted molar refractivity (Wildman–Crippen MR) is 47.1 cm³/mol. The monoisotopic (exact) mass is 224 g/mol. The average Bonchev–Trinajstić information content (AvgIpc) is 2.01. The van der Waals surface area contributed by atoms with Gasteiger partial charge in [-0.15, -0.1) is 0 Å². The fraction of sp³-hybridized carbons (Fsp3) is 0.333. The third-order valence-corrected chi connectivity index (χ3v) is 2.11. The minimum atomic E-state index is -4.49. The van der Waals surface area contributed by atoms with Gasteiger partial charge in [0.2, 0.25) is 0 Å². The molecular weight excluding hydrogens is 217 g/mol. The van der Waals surface area contributed by atoms with Crippen molar-refractivity contribution >= 4 is 11.6 Å². The molecule has 1 aromatic rings. The molecule has 5 heteroatoms. The fourth-order valence-corrected chi connectivity index (χ4v) is 1.54. The van der Waals surface area contributed by atoms with E-state index in [0.717, 1.165) is 6.07 Å². The first-order valence-electron chi connectivity index (χ1n) is 3.87. The topological polar surface area (TPSA) is 20.2 Å². The summed E-state index contributed by atoms with van der Waals surface area (Å²) in [6.45, 7) is 1.25. The Labute approximate surface area is 84.1 Å². The second-order valence-electron chi connectivity index (χ2n) is 2.87. The molecule has 0 spiro atoms. The summed E-state index contributed by atoms with van der Waals surface area (Å²) in [5.74, 6) is 0. The van der Waals surface area contributed by atoms with Crippen molar-refractivity contribution < 1.29 is 18.3 Å². The van der Waals surface area contributed by atoms with Crippen molar-refractivity contribution in [2.75, 3.05) is 0 Å². The third kappa shape index (κ3) is 2.19. The summed E-state index contributed by atoms with van der Waals surface area (Å²) in [7, 11) is 0. The Kier molecular flexibility index (Phi) is 3.07. The van der Waals surface area contributed by atoms with Crippen molar-refractivity contribution in [3.8, 4) is 0 Å². The van der Waals surface area contributed by atoms with E-state index in [0.29, 0.717) is 0 Å². The van der Waals surface area contributed by atoms with Crippen LogP contribution in [0.5, 0.6) is 0 Å². The van der Waals surface area contributed by atoms with Crippen LogP contribution in [0.3, 0.4) is 0 Å². The molecule has 0 amide bonds. The zero-order valence-corrected chi connectivity index (χ0v) is 8.02. The van der Waals surface area contributed by atoms with Gasteiger partial charge in [-0.25, -0.2) is 0 Å². The molecule has 0 bridgehead atoms. The Morgan fingerprint density at radius 2 is 1.93 bits per heavy atom. The minimum Gasteiger partial charge on any atom is -0.389 e. The van der Waals surface area contributed by atoms with E-state index in [1.54, 1.807) is 0 Å². The van der Waals surface area contributed by atoms with Gasteiger partial charge in [0.15, 0.2) is 0 Å². The molecule has 1 N–H and O–H groups in total. The molecule has 0 fully saturated rings. The first-order valence-corrected chi connectivity index (χ1v) is 4.25. The lowest BCUT2D eigenvalue weighted by atomic mass is 10.0. The number of rotatable bonds is 1. The molecule has 0 saturated heterocycles. The smallest absolute Gasteiger partial charge is 0.389 e. The van der Waals surface area contributed by atoms with Crippen LogP contribution in [0.2, 0.25) is 5.02 Å². The molecule has 1 unspecified atom stereocenters. The summed E-state index contributed by atoms with van der Waals surface area (Å²) in [6, 6.07) is 3.42. The number of hydrogen-bond acceptors (Lipinski definition) is 1. The van der Waals surface area contributed by atoms with Gasteiger partial charge in [-0.2, -0.15) is 13.2 Å². The molecule has 0 heterocycles. The lowest BCUT2D eigenvalue weighted by molar-refractivity contribution is -0.139. The van der Waals surface area contributed by atoms with Crippen molar-refractivity contribution in [2.24, 2.45) is 0 Å². The van der Waals surface area contributed by atoms with Crippen LogP contribution < -0.4 is 0 Å². The van der Waals surface area contributed by atoms with Gasteiger partial charge in [0.25, 0.3) is 0 Å². The normalized spacial score (nSPS) is 14.1. The SMILES string of the molecule is CC(O)c1c(Cl)cccc1C(F)(F)F. The van der Waals surface area contributed by atoms with Crippen molar-refractivity contribution in [3.63, 3.8) is 0 Å². The molecule has 0 aromatic heterocycles. The van der Waals surface area contributed by atoms with Gasteiger partial charge in [0.05, 0.1) is 11.7 Å². The summed E-state index contributed by atoms with van der Waals surface area (Å²) >= 11 is 5.57. The van der Waals surface area contributed by atoms with Crippen molar-refractivity contribution in [1.29, 1.82) is 0 Å². The molecule has 0 saturated carbocycles. The van der Waals surface area contributed by atoms with Gasteiger partial charge in [-0.1, -0.05) is 17.7 Å². The van der Waals surface area contributed by atoms with Gasteiger partial charge < -0.3 is 5.11 Å². The van der Waals surface area contributed by atoms with E-state index in [4.69, 9.17) is 16.7 Å². The summed E-state index contributed by atoms with van der Waals surface area (Å²) in [5, 5.41) is 9.09. The van der Waals surface area contributed by atoms with E-state index in [1.165, 1.54) is 19.1 Å². The predicted octanol–water partition coefficient (Wildman–Crippen LogP) is 3.41. The first-order chi connectivity index (χ1) is 6.34. The van der Waals surface area contributed by atoms with Crippen LogP contribution in [-0.2, 0) is 6.18 Å². The lowest BCUT2D eigenvalue weighted by Gasteiger charge is -2.15. The molecule has 0 radical (unpaired) electrons. The lowest BCUT2D eigenvalue weighted by Crippen LogP contribution is -2.11. The van der Waals surface area contributed by atoms with Gasteiger partial charge in [-0.3, -0.25) is 0 Å². The summed E-state index contributed by atoms with van der Waals surface area (Å²) in [5.41, 5.74) is -1.17. The highest BCUT2D eigenvalue weighted by atomic mass is 35.5. The summed E-state index contributed by atoms with van der Waals surface area (Å²) in [6.07, 6.45) is -5.72. The molecule has 1 rings (SSSR count). The fourth-order valence-electron chi connectivity index (χ4n) is 1.21. The average molecular weight is 225 g/mol. The van der Waals surface area contributed by atoms with Crippen LogP contribution >= 0.6 is 11.6 Å². The van der Waals surface area contributed by atoms with E-state index < -0.39 is 17.8 Å². The first kappa shape index (κ1) is 11.3. The second kappa shape index (κ2) is 3.79. The Morgan fingerprint density at radius 1 is 1.36 bits per heavy atom. The second-order valence-corrected chi connectivity index (χ2v) is 3.28. The van der Waals surface area contributed by atoms with Crippen LogP contribution in [0.25, 0.3) is 0 Å². The Morgan fingerprint density at radius 3 is 2.29 bits per heavy atom. The number of aliphatic hydroxyl groups is 1. The Balaban J connectivity index is 3.36. The highest BCUT2D eigenvalue weighted by Gasteiger charge is 2.35. The highest BCUT2D eigenvalue weighted by Crippen LogP contribution is 2.37. The van der Waals surface area contributed by atoms with Crippen molar-refractivity contribution in [1.82, 2.24) is 0 Å². The van der Waals surface area contributed by atoms with Gasteiger partial charge in [0.1, 0.15) is 0 Å². The maximum atomic E-state index is 12.4. The number of benzene rings is 1. The largest absolute Gasteiger partial charge is 0.416 e. The molecular formula is C9H8ClF3O. The van der Waals surface area contributed by atoms with E-state index in [9.17, 15) is 13.2 Å². The number of aliphatic hydroxyl groups excluding tert-OH is 1. The number of halogens is 4. The van der Waals surface area contributed by atoms with Crippen LogP contribution in [0.4, 0.5) is 13.2 Å². The zero-order chi connectivity index (χ0) is 10.9. The highest BCUT2D eigenvalue weighted by molar-refractivity contribution is 6.31. The molecule has 0 aliphatic heterocycles. The summed E-state index contributed by atoms with van der Waals surface area (Å²) < 4.78 is 37.3. The third-order valence-electron chi connectivity index (χ3n) is 1.78. The Hall–Kier alpha value is -0.740. The molecule has 0 aliphatic carbocycles. The van der Waals surface area contributed by atoms with E-state index in [-0.39, 0.29) is 10.6 Å². The molecule has 14 heavy (non-hydrogen) atoms. The maximum Gasteiger partial charge on any atom is 0.416 e. The summed E-state index contributed by atoms with van der Waals surface area (Å²) in [4.78, 5) is 0. The van der Waals surface area contributed by atoms with Gasteiger partial charge in [0, 0.05) is 10.6 Å². The van der Waals surface area contributed by atoms with Crippen LogP contribution in [0.1, 0.15) is 24.2 Å².